The molecule has 0 aliphatic carbocycles. The van der Waals surface area contributed by atoms with Crippen molar-refractivity contribution in [1.82, 2.24) is 14.5 Å². The van der Waals surface area contributed by atoms with E-state index in [4.69, 9.17) is 11.6 Å². The Bertz CT molecular complexity index is 480. The summed E-state index contributed by atoms with van der Waals surface area (Å²) < 4.78 is 1.99. The second kappa shape index (κ2) is 4.53. The van der Waals surface area contributed by atoms with E-state index in [2.05, 4.69) is 9.97 Å². The van der Waals surface area contributed by atoms with E-state index in [0.29, 0.717) is 11.7 Å². The van der Waals surface area contributed by atoms with Crippen LogP contribution in [-0.2, 0) is 13.6 Å². The number of hydrogen-bond donors (Lipinski definition) is 0. The molecule has 0 N–H and O–H groups in total. The van der Waals surface area contributed by atoms with Gasteiger partial charge in [0.15, 0.2) is 0 Å². The predicted molar refractivity (Wildman–Crippen MR) is 64.6 cm³/mol. The molecule has 0 bridgehead atoms. The zero-order valence-electron chi connectivity index (χ0n) is 9.26. The van der Waals surface area contributed by atoms with Crippen molar-refractivity contribution in [3.63, 3.8) is 0 Å². The average Bonchev–Trinajstić information content (AvgIpc) is 2.64. The molecule has 0 atom stereocenters. The first-order valence-corrected chi connectivity index (χ1v) is 5.34. The van der Waals surface area contributed by atoms with Gasteiger partial charge in [-0.15, -0.1) is 0 Å². The van der Waals surface area contributed by atoms with E-state index in [1.54, 1.807) is 12.3 Å². The molecule has 2 aromatic rings. The number of hydrogen-bond acceptors (Lipinski definition) is 3. The maximum Gasteiger partial charge on any atom is 0.131 e. The molecule has 0 unspecified atom stereocenters. The Labute approximate surface area is 99.5 Å². The molecule has 0 saturated carbocycles. The zero-order valence-corrected chi connectivity index (χ0v) is 10.0. The molecule has 2 heterocycles. The Kier molecular flexibility index (Phi) is 3.10. The monoisotopic (exact) mass is 236 g/mol. The summed E-state index contributed by atoms with van der Waals surface area (Å²) in [7, 11) is 3.94. The van der Waals surface area contributed by atoms with Crippen molar-refractivity contribution < 1.29 is 0 Å². The Morgan fingerprint density at radius 2 is 2.25 bits per heavy atom. The highest BCUT2D eigenvalue weighted by Crippen LogP contribution is 2.14. The summed E-state index contributed by atoms with van der Waals surface area (Å²) in [5.74, 6) is 1.83. The fourth-order valence-electron chi connectivity index (χ4n) is 1.45. The van der Waals surface area contributed by atoms with Gasteiger partial charge in [0.05, 0.1) is 6.54 Å². The molecule has 0 fully saturated rings. The van der Waals surface area contributed by atoms with E-state index in [-0.39, 0.29) is 0 Å². The van der Waals surface area contributed by atoms with E-state index in [9.17, 15) is 0 Å². The normalized spacial score (nSPS) is 10.4. The van der Waals surface area contributed by atoms with Gasteiger partial charge in [-0.2, -0.15) is 0 Å². The van der Waals surface area contributed by atoms with Crippen LogP contribution in [-0.4, -0.2) is 21.6 Å². The van der Waals surface area contributed by atoms with Gasteiger partial charge < -0.3 is 9.47 Å². The van der Waals surface area contributed by atoms with Crippen LogP contribution in [0.2, 0.25) is 5.15 Å². The van der Waals surface area contributed by atoms with Gasteiger partial charge in [0.25, 0.3) is 0 Å². The number of halogens is 1. The van der Waals surface area contributed by atoms with Gasteiger partial charge in [-0.3, -0.25) is 0 Å². The van der Waals surface area contributed by atoms with Crippen LogP contribution in [0.15, 0.2) is 30.6 Å². The number of nitrogens with zero attached hydrogens (tertiary/aromatic N) is 4. The Morgan fingerprint density at radius 3 is 2.88 bits per heavy atom. The van der Waals surface area contributed by atoms with Crippen LogP contribution in [0.3, 0.4) is 0 Å². The lowest BCUT2D eigenvalue weighted by Gasteiger charge is -2.17. The Hall–Kier alpha value is -1.55. The summed E-state index contributed by atoms with van der Waals surface area (Å²) in [6, 6.07) is 5.58. The molecule has 0 radical (unpaired) electrons. The van der Waals surface area contributed by atoms with Crippen LogP contribution in [0.25, 0.3) is 0 Å². The van der Waals surface area contributed by atoms with Gasteiger partial charge in [-0.25, -0.2) is 9.97 Å². The number of aryl methyl sites for hydroxylation is 1. The predicted octanol–water partition coefficient (Wildman–Crippen LogP) is 2.10. The fraction of sp³-hybridized carbons (Fsp3) is 0.273. The molecule has 2 aromatic heterocycles. The average molecular weight is 237 g/mol. The van der Waals surface area contributed by atoms with Gasteiger partial charge in [0.1, 0.15) is 16.8 Å². The van der Waals surface area contributed by atoms with Crippen LogP contribution in [0.5, 0.6) is 0 Å². The first-order valence-electron chi connectivity index (χ1n) is 4.96. The minimum absolute atomic E-state index is 0.504. The molecule has 0 aliphatic rings. The summed E-state index contributed by atoms with van der Waals surface area (Å²) in [5, 5.41) is 0.504. The molecule has 16 heavy (non-hydrogen) atoms. The van der Waals surface area contributed by atoms with E-state index in [1.807, 2.05) is 41.9 Å². The molecule has 0 aliphatic heterocycles. The van der Waals surface area contributed by atoms with Crippen LogP contribution < -0.4 is 4.90 Å². The molecule has 0 spiro atoms. The first-order chi connectivity index (χ1) is 7.66. The van der Waals surface area contributed by atoms with Gasteiger partial charge in [-0.05, 0) is 12.1 Å². The molecule has 5 heteroatoms. The third kappa shape index (κ3) is 2.33. The first kappa shape index (κ1) is 11.0. The van der Waals surface area contributed by atoms with Crippen molar-refractivity contribution in [3.05, 3.63) is 41.6 Å². The fourth-order valence-corrected chi connectivity index (χ4v) is 1.61. The minimum atomic E-state index is 0.504. The Balaban J connectivity index is 2.14. The number of imidazole rings is 1. The molecule has 4 nitrogen and oxygen atoms in total. The lowest BCUT2D eigenvalue weighted by molar-refractivity contribution is 0.755. The molecule has 2 rings (SSSR count). The second-order valence-corrected chi connectivity index (χ2v) is 4.02. The summed E-state index contributed by atoms with van der Waals surface area (Å²) in [5.41, 5.74) is 0. The maximum absolute atomic E-state index is 5.84. The van der Waals surface area contributed by atoms with Gasteiger partial charge in [-0.1, -0.05) is 17.7 Å². The summed E-state index contributed by atoms with van der Waals surface area (Å²) in [6.45, 7) is 0.705. The maximum atomic E-state index is 5.84. The van der Waals surface area contributed by atoms with Crippen LogP contribution >= 0.6 is 11.6 Å². The summed E-state index contributed by atoms with van der Waals surface area (Å²) >= 11 is 5.84. The summed E-state index contributed by atoms with van der Waals surface area (Å²) in [6.07, 6.45) is 3.71. The van der Waals surface area contributed by atoms with Crippen LogP contribution in [0.1, 0.15) is 5.82 Å². The smallest absolute Gasteiger partial charge is 0.131 e. The van der Waals surface area contributed by atoms with Gasteiger partial charge in [0.2, 0.25) is 0 Å². The van der Waals surface area contributed by atoms with Crippen molar-refractivity contribution in [2.24, 2.45) is 7.05 Å². The highest BCUT2D eigenvalue weighted by atomic mass is 35.5. The molecule has 0 amide bonds. The SMILES string of the molecule is CN(Cc1nccn1C)c1cccc(Cl)n1. The molecule has 0 saturated heterocycles. The van der Waals surface area contributed by atoms with Crippen LogP contribution in [0, 0.1) is 0 Å². The quantitative estimate of drug-likeness (QED) is 0.766. The van der Waals surface area contributed by atoms with E-state index < -0.39 is 0 Å². The number of pyridine rings is 1. The number of rotatable bonds is 3. The van der Waals surface area contributed by atoms with Crippen molar-refractivity contribution in [2.75, 3.05) is 11.9 Å². The van der Waals surface area contributed by atoms with Crippen molar-refractivity contribution in [2.45, 2.75) is 6.54 Å². The highest BCUT2D eigenvalue weighted by Gasteiger charge is 2.06. The molecule has 0 aromatic carbocycles. The topological polar surface area (TPSA) is 34.0 Å². The largest absolute Gasteiger partial charge is 0.352 e. The molecular formula is C11H13ClN4. The highest BCUT2D eigenvalue weighted by molar-refractivity contribution is 6.29. The summed E-state index contributed by atoms with van der Waals surface area (Å²) in [4.78, 5) is 10.5. The van der Waals surface area contributed by atoms with Crippen LogP contribution in [0.4, 0.5) is 5.82 Å². The Morgan fingerprint density at radius 1 is 1.44 bits per heavy atom. The van der Waals surface area contributed by atoms with Gasteiger partial charge in [0, 0.05) is 26.5 Å². The third-order valence-corrected chi connectivity index (χ3v) is 2.60. The van der Waals surface area contributed by atoms with E-state index in [0.717, 1.165) is 11.6 Å². The van der Waals surface area contributed by atoms with E-state index >= 15 is 0 Å². The molecular weight excluding hydrogens is 224 g/mol. The van der Waals surface area contributed by atoms with Crippen molar-refractivity contribution >= 4 is 17.4 Å². The van der Waals surface area contributed by atoms with E-state index in [1.165, 1.54) is 0 Å². The standard InChI is InChI=1S/C11H13ClN4/c1-15-7-6-13-11(15)8-16(2)10-5-3-4-9(12)14-10/h3-7H,8H2,1-2H3. The molecule has 84 valence electrons. The number of anilines is 1. The third-order valence-electron chi connectivity index (χ3n) is 2.39. The zero-order chi connectivity index (χ0) is 11.5. The van der Waals surface area contributed by atoms with Gasteiger partial charge >= 0.3 is 0 Å². The lowest BCUT2D eigenvalue weighted by Crippen LogP contribution is -2.19. The number of aromatic nitrogens is 3. The van der Waals surface area contributed by atoms with Crippen molar-refractivity contribution in [3.8, 4) is 0 Å². The minimum Gasteiger partial charge on any atom is -0.352 e. The lowest BCUT2D eigenvalue weighted by atomic mass is 10.4. The van der Waals surface area contributed by atoms with Crippen molar-refractivity contribution in [1.29, 1.82) is 0 Å². The second-order valence-electron chi connectivity index (χ2n) is 3.63.